The number of hydrogen-bond donors (Lipinski definition) is 3. The van der Waals surface area contributed by atoms with E-state index in [1.807, 2.05) is 5.32 Å². The molecule has 0 spiro atoms. The van der Waals surface area contributed by atoms with Crippen LogP contribution in [0.1, 0.15) is 31.1 Å². The Bertz CT molecular complexity index is 689. The number of nitrogens with one attached hydrogen (secondary N) is 3. The van der Waals surface area contributed by atoms with Crippen LogP contribution in [0.2, 0.25) is 0 Å². The first-order valence-electron chi connectivity index (χ1n) is 7.44. The molecule has 10 heteroatoms. The Labute approximate surface area is 144 Å². The molecule has 0 saturated carbocycles. The van der Waals surface area contributed by atoms with Crippen molar-refractivity contribution in [1.82, 2.24) is 10.6 Å². The van der Waals surface area contributed by atoms with Crippen LogP contribution in [0.15, 0.2) is 18.2 Å². The third-order valence-electron chi connectivity index (χ3n) is 3.01. The van der Waals surface area contributed by atoms with Gasteiger partial charge in [-0.1, -0.05) is 0 Å². The largest absolute Gasteiger partial charge is 0.449 e. The van der Waals surface area contributed by atoms with Crippen LogP contribution in [-0.2, 0) is 9.53 Å². The molecule has 136 valence electrons. The lowest BCUT2D eigenvalue weighted by molar-refractivity contribution is -0.384. The van der Waals surface area contributed by atoms with E-state index in [1.165, 1.54) is 26.1 Å². The molecule has 0 aliphatic heterocycles. The Hall–Kier alpha value is -3.17. The Morgan fingerprint density at radius 2 is 1.84 bits per heavy atom. The second-order valence-corrected chi connectivity index (χ2v) is 5.40. The van der Waals surface area contributed by atoms with Crippen LogP contribution < -0.4 is 16.0 Å². The van der Waals surface area contributed by atoms with E-state index in [0.29, 0.717) is 0 Å². The normalized spacial score (nSPS) is 11.4. The van der Waals surface area contributed by atoms with E-state index in [4.69, 9.17) is 4.74 Å². The molecule has 1 unspecified atom stereocenters. The fourth-order valence-corrected chi connectivity index (χ4v) is 1.81. The summed E-state index contributed by atoms with van der Waals surface area (Å²) in [5, 5.41) is 18.1. The van der Waals surface area contributed by atoms with Gasteiger partial charge in [-0.3, -0.25) is 20.2 Å². The minimum absolute atomic E-state index is 0.0861. The van der Waals surface area contributed by atoms with E-state index in [0.717, 1.165) is 6.07 Å². The summed E-state index contributed by atoms with van der Waals surface area (Å²) in [4.78, 5) is 45.7. The highest BCUT2D eigenvalue weighted by atomic mass is 16.6. The first-order valence-corrected chi connectivity index (χ1v) is 7.44. The maximum absolute atomic E-state index is 12.1. The zero-order valence-electron chi connectivity index (χ0n) is 14.3. The van der Waals surface area contributed by atoms with Crippen molar-refractivity contribution in [3.63, 3.8) is 0 Å². The van der Waals surface area contributed by atoms with Crippen LogP contribution >= 0.6 is 0 Å². The third kappa shape index (κ3) is 5.75. The topological polar surface area (TPSA) is 140 Å². The van der Waals surface area contributed by atoms with Crippen LogP contribution in [0.5, 0.6) is 0 Å². The number of amides is 3. The van der Waals surface area contributed by atoms with Gasteiger partial charge in [-0.15, -0.1) is 0 Å². The molecule has 0 fully saturated rings. The van der Waals surface area contributed by atoms with Gasteiger partial charge < -0.3 is 15.4 Å². The van der Waals surface area contributed by atoms with Crippen molar-refractivity contribution in [2.75, 3.05) is 12.4 Å². The van der Waals surface area contributed by atoms with Crippen LogP contribution in [0.4, 0.5) is 16.2 Å². The van der Waals surface area contributed by atoms with Gasteiger partial charge in [0, 0.05) is 19.2 Å². The summed E-state index contributed by atoms with van der Waals surface area (Å²) >= 11 is 0. The molecular weight excluding hydrogens is 332 g/mol. The maximum Gasteiger partial charge on any atom is 0.339 e. The highest BCUT2D eigenvalue weighted by Crippen LogP contribution is 2.25. The molecule has 0 aliphatic rings. The highest BCUT2D eigenvalue weighted by Gasteiger charge is 2.23. The number of benzene rings is 1. The van der Waals surface area contributed by atoms with Gasteiger partial charge >= 0.3 is 12.0 Å². The van der Waals surface area contributed by atoms with Crippen molar-refractivity contribution in [3.05, 3.63) is 33.9 Å². The van der Waals surface area contributed by atoms with Crippen LogP contribution in [0, 0.1) is 10.1 Å². The van der Waals surface area contributed by atoms with Crippen LogP contribution in [0.25, 0.3) is 0 Å². The lowest BCUT2D eigenvalue weighted by atomic mass is 10.1. The van der Waals surface area contributed by atoms with Crippen molar-refractivity contribution in [1.29, 1.82) is 0 Å². The molecule has 0 aromatic heterocycles. The number of hydrogen-bond acceptors (Lipinski definition) is 7. The Morgan fingerprint density at radius 1 is 1.20 bits per heavy atom. The highest BCUT2D eigenvalue weighted by molar-refractivity contribution is 5.98. The molecule has 1 atom stereocenters. The smallest absolute Gasteiger partial charge is 0.339 e. The lowest BCUT2D eigenvalue weighted by Gasteiger charge is -2.14. The molecule has 0 heterocycles. The summed E-state index contributed by atoms with van der Waals surface area (Å²) in [5.74, 6) is -1.73. The van der Waals surface area contributed by atoms with Crippen molar-refractivity contribution in [2.45, 2.75) is 32.9 Å². The van der Waals surface area contributed by atoms with Crippen molar-refractivity contribution in [2.24, 2.45) is 0 Å². The molecule has 3 N–H and O–H groups in total. The average molecular weight is 352 g/mol. The summed E-state index contributed by atoms with van der Waals surface area (Å²) in [6.45, 7) is 4.72. The fourth-order valence-electron chi connectivity index (χ4n) is 1.81. The van der Waals surface area contributed by atoms with Gasteiger partial charge in [-0.2, -0.15) is 0 Å². The van der Waals surface area contributed by atoms with Gasteiger partial charge in [0.05, 0.1) is 10.5 Å². The first kappa shape index (κ1) is 19.9. The monoisotopic (exact) mass is 352 g/mol. The Kier molecular flexibility index (Phi) is 6.85. The minimum atomic E-state index is -1.26. The van der Waals surface area contributed by atoms with E-state index in [2.05, 4.69) is 10.6 Å². The van der Waals surface area contributed by atoms with E-state index in [-0.39, 0.29) is 23.0 Å². The Balaban J connectivity index is 2.78. The molecule has 0 bridgehead atoms. The van der Waals surface area contributed by atoms with Gasteiger partial charge in [0.25, 0.3) is 11.6 Å². The van der Waals surface area contributed by atoms with Gasteiger partial charge in [0.2, 0.25) is 0 Å². The summed E-state index contributed by atoms with van der Waals surface area (Å²) in [5.41, 5.74) is -0.153. The predicted molar refractivity (Wildman–Crippen MR) is 89.3 cm³/mol. The Morgan fingerprint density at radius 3 is 2.36 bits per heavy atom. The van der Waals surface area contributed by atoms with E-state index < -0.39 is 28.9 Å². The summed E-state index contributed by atoms with van der Waals surface area (Å²) < 4.78 is 4.94. The number of nitro benzene ring substituents is 1. The predicted octanol–water partition coefficient (Wildman–Crippen LogP) is 1.42. The van der Waals surface area contributed by atoms with Gasteiger partial charge in [-0.25, -0.2) is 9.59 Å². The zero-order valence-corrected chi connectivity index (χ0v) is 14.3. The molecule has 10 nitrogen and oxygen atoms in total. The number of esters is 1. The minimum Gasteiger partial charge on any atom is -0.449 e. The standard InChI is InChI=1S/C15H20N4O6/c1-8(2)17-15(22)18-13(20)9(3)25-14(21)10-5-6-11(16-4)12(7-10)19(23)24/h5-9,16H,1-4H3,(H2,17,18,20,22). The number of nitrogens with zero attached hydrogens (tertiary/aromatic N) is 1. The molecule has 25 heavy (non-hydrogen) atoms. The summed E-state index contributed by atoms with van der Waals surface area (Å²) in [7, 11) is 1.51. The fraction of sp³-hybridized carbons (Fsp3) is 0.400. The number of anilines is 1. The van der Waals surface area contributed by atoms with Gasteiger partial charge in [0.15, 0.2) is 6.10 Å². The first-order chi connectivity index (χ1) is 11.6. The van der Waals surface area contributed by atoms with Crippen molar-refractivity contribution in [3.8, 4) is 0 Å². The quantitative estimate of drug-likeness (QED) is 0.399. The van der Waals surface area contributed by atoms with E-state index in [1.54, 1.807) is 13.8 Å². The summed E-state index contributed by atoms with van der Waals surface area (Å²) in [6.07, 6.45) is -1.26. The van der Waals surface area contributed by atoms with Crippen molar-refractivity contribution >= 4 is 29.3 Å². The van der Waals surface area contributed by atoms with E-state index >= 15 is 0 Å². The number of carbonyl (C=O) groups excluding carboxylic acids is 3. The number of imide groups is 1. The molecule has 1 aromatic rings. The number of carbonyl (C=O) groups is 3. The number of nitro groups is 1. The molecule has 1 rings (SSSR count). The van der Waals surface area contributed by atoms with Crippen LogP contribution in [0.3, 0.4) is 0 Å². The molecule has 0 radical (unpaired) electrons. The average Bonchev–Trinajstić information content (AvgIpc) is 2.52. The summed E-state index contributed by atoms with van der Waals surface area (Å²) in [6, 6.07) is 2.85. The lowest BCUT2D eigenvalue weighted by Crippen LogP contribution is -2.46. The van der Waals surface area contributed by atoms with Gasteiger partial charge in [-0.05, 0) is 32.9 Å². The second kappa shape index (κ2) is 8.62. The zero-order chi connectivity index (χ0) is 19.1. The molecular formula is C15H20N4O6. The molecule has 1 aromatic carbocycles. The number of urea groups is 1. The van der Waals surface area contributed by atoms with Crippen LogP contribution in [-0.4, -0.2) is 42.0 Å². The van der Waals surface area contributed by atoms with Gasteiger partial charge in [0.1, 0.15) is 5.69 Å². The SMILES string of the molecule is CNc1ccc(C(=O)OC(C)C(=O)NC(=O)NC(C)C)cc1[N+](=O)[O-]. The van der Waals surface area contributed by atoms with Crippen molar-refractivity contribution < 1.29 is 24.0 Å². The van der Waals surface area contributed by atoms with E-state index in [9.17, 15) is 24.5 Å². The maximum atomic E-state index is 12.1. The third-order valence-corrected chi connectivity index (χ3v) is 3.01. The molecule has 0 aliphatic carbocycles. The second-order valence-electron chi connectivity index (χ2n) is 5.40. The number of ether oxygens (including phenoxy) is 1. The molecule has 3 amide bonds. The molecule has 0 saturated heterocycles. The number of rotatable bonds is 6.